The van der Waals surface area contributed by atoms with Gasteiger partial charge >= 0.3 is 0 Å². The van der Waals surface area contributed by atoms with Gasteiger partial charge < -0.3 is 16.4 Å². The summed E-state index contributed by atoms with van der Waals surface area (Å²) in [7, 11) is 1.92. The molecule has 17 heavy (non-hydrogen) atoms. The number of rotatable bonds is 2. The molecule has 1 heterocycles. The lowest BCUT2D eigenvalue weighted by atomic mass is 10.2. The zero-order valence-corrected chi connectivity index (χ0v) is 9.88. The Kier molecular flexibility index (Phi) is 2.82. The van der Waals surface area contributed by atoms with Crippen LogP contribution in [-0.2, 0) is 0 Å². The third kappa shape index (κ3) is 2.13. The molecule has 5 heteroatoms. The van der Waals surface area contributed by atoms with Crippen LogP contribution in [0.15, 0.2) is 30.5 Å². The van der Waals surface area contributed by atoms with E-state index in [-0.39, 0.29) is 5.95 Å². The van der Waals surface area contributed by atoms with Crippen molar-refractivity contribution >= 4 is 23.1 Å². The fourth-order valence-corrected chi connectivity index (χ4v) is 1.73. The second kappa shape index (κ2) is 4.29. The van der Waals surface area contributed by atoms with Gasteiger partial charge in [0, 0.05) is 12.7 Å². The summed E-state index contributed by atoms with van der Waals surface area (Å²) in [4.78, 5) is 9.86. The Bertz CT molecular complexity index is 538. The van der Waals surface area contributed by atoms with E-state index in [1.54, 1.807) is 6.20 Å². The number of para-hydroxylation sites is 1. The van der Waals surface area contributed by atoms with Crippen molar-refractivity contribution in [3.63, 3.8) is 0 Å². The number of aromatic nitrogens is 2. The van der Waals surface area contributed by atoms with Gasteiger partial charge in [-0.2, -0.15) is 4.98 Å². The minimum Gasteiger partial charge on any atom is -0.382 e. The van der Waals surface area contributed by atoms with Crippen LogP contribution in [0.2, 0.25) is 0 Å². The first-order valence-corrected chi connectivity index (χ1v) is 5.27. The summed E-state index contributed by atoms with van der Waals surface area (Å²) in [5.74, 6) is 0.563. The van der Waals surface area contributed by atoms with Crippen molar-refractivity contribution in [2.24, 2.45) is 0 Å². The molecule has 0 aliphatic rings. The molecule has 0 bridgehead atoms. The highest BCUT2D eigenvalue weighted by atomic mass is 15.2. The zero-order valence-electron chi connectivity index (χ0n) is 9.88. The van der Waals surface area contributed by atoms with Crippen molar-refractivity contribution in [1.29, 1.82) is 0 Å². The van der Waals surface area contributed by atoms with E-state index >= 15 is 0 Å². The maximum absolute atomic E-state index is 5.84. The molecular formula is C12H15N5. The van der Waals surface area contributed by atoms with E-state index in [1.807, 2.05) is 43.1 Å². The molecule has 0 saturated heterocycles. The van der Waals surface area contributed by atoms with Crippen molar-refractivity contribution in [3.8, 4) is 0 Å². The van der Waals surface area contributed by atoms with Gasteiger partial charge in [0.1, 0.15) is 5.69 Å². The van der Waals surface area contributed by atoms with E-state index in [1.165, 1.54) is 0 Å². The smallest absolute Gasteiger partial charge is 0.222 e. The number of nitrogens with zero attached hydrogens (tertiary/aromatic N) is 3. The van der Waals surface area contributed by atoms with Gasteiger partial charge in [-0.15, -0.1) is 0 Å². The molecule has 0 aliphatic heterocycles. The first kappa shape index (κ1) is 11.2. The maximum atomic E-state index is 5.84. The van der Waals surface area contributed by atoms with Crippen molar-refractivity contribution in [3.05, 3.63) is 36.0 Å². The summed E-state index contributed by atoms with van der Waals surface area (Å²) in [6.07, 6.45) is 1.63. The summed E-state index contributed by atoms with van der Waals surface area (Å²) in [6, 6.07) is 8.04. The van der Waals surface area contributed by atoms with Crippen molar-refractivity contribution in [2.75, 3.05) is 23.4 Å². The van der Waals surface area contributed by atoms with Crippen LogP contribution in [-0.4, -0.2) is 17.0 Å². The van der Waals surface area contributed by atoms with E-state index in [0.717, 1.165) is 16.9 Å². The number of nitrogens with two attached hydrogens (primary N) is 2. The Hall–Kier alpha value is -2.30. The van der Waals surface area contributed by atoms with Crippen molar-refractivity contribution < 1.29 is 0 Å². The topological polar surface area (TPSA) is 81.1 Å². The Morgan fingerprint density at radius 2 is 1.82 bits per heavy atom. The highest BCUT2D eigenvalue weighted by Gasteiger charge is 2.11. The van der Waals surface area contributed by atoms with Crippen LogP contribution in [0.25, 0.3) is 0 Å². The third-order valence-corrected chi connectivity index (χ3v) is 2.65. The first-order valence-electron chi connectivity index (χ1n) is 5.27. The van der Waals surface area contributed by atoms with Gasteiger partial charge in [0.05, 0.1) is 6.20 Å². The average molecular weight is 229 g/mol. The van der Waals surface area contributed by atoms with Crippen LogP contribution in [0.5, 0.6) is 0 Å². The minimum atomic E-state index is 0.185. The molecule has 1 aromatic heterocycles. The second-order valence-electron chi connectivity index (χ2n) is 3.84. The molecule has 0 saturated carbocycles. The third-order valence-electron chi connectivity index (χ3n) is 2.65. The van der Waals surface area contributed by atoms with Crippen LogP contribution in [0.4, 0.5) is 23.1 Å². The zero-order chi connectivity index (χ0) is 12.4. The average Bonchev–Trinajstić information content (AvgIpc) is 2.29. The number of hydrogen-bond acceptors (Lipinski definition) is 5. The van der Waals surface area contributed by atoms with Gasteiger partial charge in [-0.3, -0.25) is 0 Å². The molecule has 4 N–H and O–H groups in total. The molecule has 0 amide bonds. The first-order chi connectivity index (χ1) is 8.09. The molecule has 88 valence electrons. The standard InChI is InChI=1S/C12H15N5/c1-8-5-3-4-6-9(8)17(2)10-7-15-12(14)16-11(10)13/h3-7H,1-2H3,(H4,13,14,15,16). The predicted molar refractivity (Wildman–Crippen MR) is 70.1 cm³/mol. The van der Waals surface area contributed by atoms with Crippen LogP contribution in [0.3, 0.4) is 0 Å². The molecule has 5 nitrogen and oxygen atoms in total. The summed E-state index contributed by atoms with van der Waals surface area (Å²) in [5.41, 5.74) is 14.3. The van der Waals surface area contributed by atoms with E-state index < -0.39 is 0 Å². The molecular weight excluding hydrogens is 214 g/mol. The summed E-state index contributed by atoms with van der Waals surface area (Å²) >= 11 is 0. The highest BCUT2D eigenvalue weighted by molar-refractivity contribution is 5.73. The molecule has 0 spiro atoms. The molecule has 0 fully saturated rings. The normalized spacial score (nSPS) is 10.2. The van der Waals surface area contributed by atoms with Crippen LogP contribution < -0.4 is 16.4 Å². The lowest BCUT2D eigenvalue weighted by Crippen LogP contribution is -2.14. The largest absolute Gasteiger partial charge is 0.382 e. The monoisotopic (exact) mass is 229 g/mol. The molecule has 0 unspecified atom stereocenters. The quantitative estimate of drug-likeness (QED) is 0.819. The van der Waals surface area contributed by atoms with Gasteiger partial charge in [-0.25, -0.2) is 4.98 Å². The molecule has 0 aliphatic carbocycles. The van der Waals surface area contributed by atoms with Crippen LogP contribution in [0, 0.1) is 6.92 Å². The Labute approximate surface area is 100 Å². The van der Waals surface area contributed by atoms with Gasteiger partial charge in [0.2, 0.25) is 5.95 Å². The minimum absolute atomic E-state index is 0.185. The second-order valence-corrected chi connectivity index (χ2v) is 3.84. The van der Waals surface area contributed by atoms with E-state index in [0.29, 0.717) is 5.82 Å². The highest BCUT2D eigenvalue weighted by Crippen LogP contribution is 2.29. The fraction of sp³-hybridized carbons (Fsp3) is 0.167. The van der Waals surface area contributed by atoms with Gasteiger partial charge in [0.15, 0.2) is 5.82 Å². The van der Waals surface area contributed by atoms with Crippen molar-refractivity contribution in [1.82, 2.24) is 9.97 Å². The molecule has 0 radical (unpaired) electrons. The Morgan fingerprint density at radius 1 is 1.12 bits per heavy atom. The SMILES string of the molecule is Cc1ccccc1N(C)c1cnc(N)nc1N. The molecule has 2 rings (SSSR count). The number of aryl methyl sites for hydroxylation is 1. The lowest BCUT2D eigenvalue weighted by molar-refractivity contribution is 1.12. The lowest BCUT2D eigenvalue weighted by Gasteiger charge is -2.22. The molecule has 1 aromatic carbocycles. The Balaban J connectivity index is 2.44. The van der Waals surface area contributed by atoms with Gasteiger partial charge in [-0.05, 0) is 18.6 Å². The Morgan fingerprint density at radius 3 is 2.47 bits per heavy atom. The van der Waals surface area contributed by atoms with Crippen molar-refractivity contribution in [2.45, 2.75) is 6.92 Å². The van der Waals surface area contributed by atoms with E-state index in [4.69, 9.17) is 11.5 Å². The predicted octanol–water partition coefficient (Wildman–Crippen LogP) is 1.72. The summed E-state index contributed by atoms with van der Waals surface area (Å²) < 4.78 is 0. The van der Waals surface area contributed by atoms with Crippen LogP contribution >= 0.6 is 0 Å². The number of benzene rings is 1. The molecule has 2 aromatic rings. The summed E-state index contributed by atoms with van der Waals surface area (Å²) in [5, 5.41) is 0. The van der Waals surface area contributed by atoms with Crippen LogP contribution in [0.1, 0.15) is 5.56 Å². The number of nitrogen functional groups attached to an aromatic ring is 2. The van der Waals surface area contributed by atoms with Gasteiger partial charge in [0.25, 0.3) is 0 Å². The van der Waals surface area contributed by atoms with E-state index in [9.17, 15) is 0 Å². The van der Waals surface area contributed by atoms with E-state index in [2.05, 4.69) is 9.97 Å². The number of anilines is 4. The number of hydrogen-bond donors (Lipinski definition) is 2. The molecule has 0 atom stereocenters. The fourth-order valence-electron chi connectivity index (χ4n) is 1.73. The maximum Gasteiger partial charge on any atom is 0.222 e. The summed E-state index contributed by atoms with van der Waals surface area (Å²) in [6.45, 7) is 2.04. The van der Waals surface area contributed by atoms with Gasteiger partial charge in [-0.1, -0.05) is 18.2 Å².